The van der Waals surface area contributed by atoms with Crippen LogP contribution in [0.25, 0.3) is 0 Å². The molecule has 14 nitrogen and oxygen atoms in total. The van der Waals surface area contributed by atoms with E-state index < -0.39 is 86.8 Å². The molecule has 0 bridgehead atoms. The summed E-state index contributed by atoms with van der Waals surface area (Å²) in [5.41, 5.74) is 0. The number of allylic oxidation sites excluding steroid dienone is 5. The average Bonchev–Trinajstić information content (AvgIpc) is 3.47. The Morgan fingerprint density at radius 2 is 0.810 bits per heavy atom. The van der Waals surface area contributed by atoms with Gasteiger partial charge in [-0.2, -0.15) is 0 Å². The van der Waals surface area contributed by atoms with E-state index in [1.807, 2.05) is 6.08 Å². The van der Waals surface area contributed by atoms with Gasteiger partial charge in [-0.25, -0.2) is 0 Å². The highest BCUT2D eigenvalue weighted by Gasteiger charge is 2.51. The monoisotopic (exact) mass is 1120 g/mol. The molecule has 2 saturated heterocycles. The van der Waals surface area contributed by atoms with E-state index in [0.29, 0.717) is 12.8 Å². The van der Waals surface area contributed by atoms with Crippen molar-refractivity contribution >= 4 is 5.91 Å². The number of ether oxygens (including phenoxy) is 4. The van der Waals surface area contributed by atoms with Crippen molar-refractivity contribution in [1.82, 2.24) is 5.32 Å². The maximum Gasteiger partial charge on any atom is 0.220 e. The molecule has 2 rings (SSSR count). The van der Waals surface area contributed by atoms with Gasteiger partial charge in [-0.05, 0) is 57.8 Å². The van der Waals surface area contributed by atoms with Crippen LogP contribution in [0.5, 0.6) is 0 Å². The van der Waals surface area contributed by atoms with Gasteiger partial charge in [0.25, 0.3) is 0 Å². The van der Waals surface area contributed by atoms with Crippen molar-refractivity contribution < 1.29 is 64.6 Å². The van der Waals surface area contributed by atoms with Crippen LogP contribution in [-0.2, 0) is 23.7 Å². The molecular formula is C65H121NO13. The predicted molar refractivity (Wildman–Crippen MR) is 318 cm³/mol. The highest BCUT2D eigenvalue weighted by atomic mass is 16.7. The van der Waals surface area contributed by atoms with E-state index in [0.717, 1.165) is 32.1 Å². The van der Waals surface area contributed by atoms with E-state index in [2.05, 4.69) is 43.5 Å². The van der Waals surface area contributed by atoms with E-state index >= 15 is 0 Å². The Morgan fingerprint density at radius 1 is 0.443 bits per heavy atom. The molecule has 0 radical (unpaired) electrons. The molecular weight excluding hydrogens is 1000 g/mol. The van der Waals surface area contributed by atoms with E-state index in [-0.39, 0.29) is 18.9 Å². The van der Waals surface area contributed by atoms with Crippen molar-refractivity contribution in [3.05, 3.63) is 36.5 Å². The third-order valence-electron chi connectivity index (χ3n) is 16.0. The number of carbonyl (C=O) groups is 1. The van der Waals surface area contributed by atoms with Crippen LogP contribution in [0.4, 0.5) is 0 Å². The second-order valence-corrected chi connectivity index (χ2v) is 23.2. The van der Waals surface area contributed by atoms with Gasteiger partial charge in [0.2, 0.25) is 5.91 Å². The lowest BCUT2D eigenvalue weighted by molar-refractivity contribution is -0.359. The number of rotatable bonds is 53. The summed E-state index contributed by atoms with van der Waals surface area (Å²) in [6.45, 7) is 2.81. The van der Waals surface area contributed by atoms with Crippen molar-refractivity contribution in [3.63, 3.8) is 0 Å². The predicted octanol–water partition coefficient (Wildman–Crippen LogP) is 12.2. The van der Waals surface area contributed by atoms with Crippen LogP contribution in [0.2, 0.25) is 0 Å². The molecule has 79 heavy (non-hydrogen) atoms. The lowest BCUT2D eigenvalue weighted by Gasteiger charge is -2.46. The van der Waals surface area contributed by atoms with Gasteiger partial charge in [-0.1, -0.05) is 249 Å². The minimum Gasteiger partial charge on any atom is -0.394 e. The molecule has 0 saturated carbocycles. The molecule has 12 unspecified atom stereocenters. The topological polar surface area (TPSA) is 228 Å². The standard InChI is InChI=1S/C65H121NO13/c1-3-5-7-9-11-13-15-17-19-21-23-25-26-27-28-29-31-33-35-37-39-41-43-45-47-49-57(70)66-53(54(69)48-46-44-42-40-38-36-34-32-30-24-22-20-18-16-14-12-10-8-6-4-2)52-76-64-62(75)60(73)63(56(51-68)78-64)79-65-61(74)59(72)58(71)55(50-67)77-65/h21,23,38,40,46,48,53-56,58-65,67-69,71-75H,3-20,22,24-37,39,41-45,47,49-52H2,1-2H3,(H,66,70)/b23-21-,40-38+,48-46+. The van der Waals surface area contributed by atoms with Crippen LogP contribution in [0, 0.1) is 0 Å². The fraction of sp³-hybridized carbons (Fsp3) is 0.892. The molecule has 2 fully saturated rings. The summed E-state index contributed by atoms with van der Waals surface area (Å²) >= 11 is 0. The second kappa shape index (κ2) is 50.7. The van der Waals surface area contributed by atoms with Gasteiger partial charge in [0, 0.05) is 6.42 Å². The lowest BCUT2D eigenvalue weighted by atomic mass is 9.97. The molecule has 0 aromatic rings. The van der Waals surface area contributed by atoms with E-state index in [9.17, 15) is 45.6 Å². The van der Waals surface area contributed by atoms with Crippen molar-refractivity contribution in [3.8, 4) is 0 Å². The van der Waals surface area contributed by atoms with E-state index in [1.165, 1.54) is 212 Å². The molecule has 0 aliphatic carbocycles. The van der Waals surface area contributed by atoms with Gasteiger partial charge in [0.05, 0.1) is 32.0 Å². The number of aliphatic hydroxyl groups excluding tert-OH is 8. The third-order valence-corrected chi connectivity index (χ3v) is 16.0. The van der Waals surface area contributed by atoms with Crippen LogP contribution < -0.4 is 5.32 Å². The molecule has 2 aliphatic rings. The summed E-state index contributed by atoms with van der Waals surface area (Å²) in [7, 11) is 0. The van der Waals surface area contributed by atoms with Crippen molar-refractivity contribution in [1.29, 1.82) is 0 Å². The van der Waals surface area contributed by atoms with Crippen molar-refractivity contribution in [2.75, 3.05) is 19.8 Å². The molecule has 0 spiro atoms. The largest absolute Gasteiger partial charge is 0.394 e. The van der Waals surface area contributed by atoms with Gasteiger partial charge in [0.15, 0.2) is 12.6 Å². The first kappa shape index (κ1) is 73.3. The Morgan fingerprint density at radius 3 is 1.24 bits per heavy atom. The fourth-order valence-corrected chi connectivity index (χ4v) is 10.8. The Balaban J connectivity index is 1.73. The lowest BCUT2D eigenvalue weighted by Crippen LogP contribution is -2.65. The van der Waals surface area contributed by atoms with Crippen molar-refractivity contribution in [2.45, 2.75) is 351 Å². The maximum atomic E-state index is 13.3. The number of hydrogen-bond acceptors (Lipinski definition) is 13. The summed E-state index contributed by atoms with van der Waals surface area (Å²) in [5, 5.41) is 87.2. The zero-order chi connectivity index (χ0) is 57.4. The number of unbranched alkanes of at least 4 members (excludes halogenated alkanes) is 36. The summed E-state index contributed by atoms with van der Waals surface area (Å²) in [5.74, 6) is -0.246. The summed E-state index contributed by atoms with van der Waals surface area (Å²) in [4.78, 5) is 13.3. The van der Waals surface area contributed by atoms with Crippen LogP contribution >= 0.6 is 0 Å². The van der Waals surface area contributed by atoms with Gasteiger partial charge in [-0.15, -0.1) is 0 Å². The average molecular weight is 1120 g/mol. The Bertz CT molecular complexity index is 1460. The zero-order valence-electron chi connectivity index (χ0n) is 50.1. The third kappa shape index (κ3) is 35.8. The van der Waals surface area contributed by atoms with Crippen LogP contribution in [-0.4, -0.2) is 140 Å². The molecule has 464 valence electrons. The van der Waals surface area contributed by atoms with Crippen LogP contribution in [0.3, 0.4) is 0 Å². The van der Waals surface area contributed by atoms with Crippen LogP contribution in [0.15, 0.2) is 36.5 Å². The summed E-state index contributed by atoms with van der Waals surface area (Å²) < 4.78 is 22.8. The second-order valence-electron chi connectivity index (χ2n) is 23.2. The Kier molecular flexibility index (Phi) is 47.0. The molecule has 9 N–H and O–H groups in total. The quantitative estimate of drug-likeness (QED) is 0.0204. The smallest absolute Gasteiger partial charge is 0.220 e. The summed E-state index contributed by atoms with van der Waals surface area (Å²) in [6, 6.07) is -0.931. The van der Waals surface area contributed by atoms with E-state index in [1.54, 1.807) is 6.08 Å². The number of amides is 1. The fourth-order valence-electron chi connectivity index (χ4n) is 10.8. The molecule has 0 aromatic carbocycles. The first-order valence-corrected chi connectivity index (χ1v) is 32.7. The van der Waals surface area contributed by atoms with Crippen molar-refractivity contribution in [2.24, 2.45) is 0 Å². The molecule has 12 atom stereocenters. The van der Waals surface area contributed by atoms with Gasteiger partial charge >= 0.3 is 0 Å². The molecule has 2 aliphatic heterocycles. The minimum atomic E-state index is -1.79. The first-order valence-electron chi connectivity index (χ1n) is 32.7. The molecule has 1 amide bonds. The number of aliphatic hydroxyl groups is 8. The zero-order valence-corrected chi connectivity index (χ0v) is 50.1. The maximum absolute atomic E-state index is 13.3. The highest BCUT2D eigenvalue weighted by Crippen LogP contribution is 2.30. The van der Waals surface area contributed by atoms with Crippen LogP contribution in [0.1, 0.15) is 277 Å². The van der Waals surface area contributed by atoms with E-state index in [4.69, 9.17) is 18.9 Å². The number of hydrogen-bond donors (Lipinski definition) is 9. The molecule has 14 heteroatoms. The summed E-state index contributed by atoms with van der Waals surface area (Å²) in [6.07, 6.45) is 46.2. The molecule has 0 aromatic heterocycles. The Hall–Kier alpha value is -1.79. The molecule has 2 heterocycles. The number of carbonyl (C=O) groups excluding carboxylic acids is 1. The first-order chi connectivity index (χ1) is 38.6. The minimum absolute atomic E-state index is 0.246. The Labute approximate surface area is 481 Å². The van der Waals surface area contributed by atoms with Gasteiger partial charge < -0.3 is 65.1 Å². The highest BCUT2D eigenvalue weighted by molar-refractivity contribution is 5.76. The SMILES string of the molecule is CCCCCCCCCC/C=C\CCCCCCCCCCCCCCCC(=O)NC(COC1OC(CO)C(OC2OC(CO)C(O)C(O)C2O)C(O)C1O)C(O)/C=C/CC/C=C/CCCCCCCCCCCCCCCC. The van der Waals surface area contributed by atoms with Gasteiger partial charge in [-0.3, -0.25) is 4.79 Å². The number of nitrogens with one attached hydrogen (secondary N) is 1. The van der Waals surface area contributed by atoms with Gasteiger partial charge in [0.1, 0.15) is 48.8 Å². The normalized spacial score (nSPS) is 24.6.